The van der Waals surface area contributed by atoms with Gasteiger partial charge in [-0.25, -0.2) is 4.98 Å². The predicted octanol–water partition coefficient (Wildman–Crippen LogP) is 4.09. The molecule has 31 heavy (non-hydrogen) atoms. The molecule has 0 aliphatic rings. The van der Waals surface area contributed by atoms with Gasteiger partial charge in [-0.3, -0.25) is 9.59 Å². The summed E-state index contributed by atoms with van der Waals surface area (Å²) in [5.74, 6) is 1.17. The number of halogens is 1. The lowest BCUT2D eigenvalue weighted by molar-refractivity contribution is 0.102. The molecular weight excluding hydrogens is 422 g/mol. The first-order chi connectivity index (χ1) is 14.9. The number of rotatable bonds is 6. The van der Waals surface area contributed by atoms with Crippen molar-refractivity contribution in [3.8, 4) is 11.5 Å². The number of amides is 1. The van der Waals surface area contributed by atoms with Crippen LogP contribution in [0.3, 0.4) is 0 Å². The summed E-state index contributed by atoms with van der Waals surface area (Å²) in [5.41, 5.74) is 1.27. The van der Waals surface area contributed by atoms with E-state index >= 15 is 0 Å². The van der Waals surface area contributed by atoms with Crippen LogP contribution in [0.4, 0.5) is 5.69 Å². The van der Waals surface area contributed by atoms with Gasteiger partial charge in [-0.1, -0.05) is 17.7 Å². The van der Waals surface area contributed by atoms with Crippen LogP contribution in [0.2, 0.25) is 5.02 Å². The summed E-state index contributed by atoms with van der Waals surface area (Å²) in [6.45, 7) is 1.74. The third kappa shape index (κ3) is 4.54. The van der Waals surface area contributed by atoms with Gasteiger partial charge in [0.15, 0.2) is 5.65 Å². The number of nitrogens with one attached hydrogen (secondary N) is 1. The summed E-state index contributed by atoms with van der Waals surface area (Å²) in [6, 6.07) is 14.6. The molecule has 0 unspecified atom stereocenters. The zero-order chi connectivity index (χ0) is 22.0. The monoisotopic (exact) mass is 439 g/mol. The van der Waals surface area contributed by atoms with Gasteiger partial charge in [-0.15, -0.1) is 4.57 Å². The average molecular weight is 440 g/mol. The van der Waals surface area contributed by atoms with E-state index in [1.165, 1.54) is 13.2 Å². The number of nitrogens with zero attached hydrogens (tertiary/aromatic N) is 2. The highest BCUT2D eigenvalue weighted by Gasteiger charge is 2.13. The number of ether oxygens (including phenoxy) is 2. The minimum absolute atomic E-state index is 0.0135. The van der Waals surface area contributed by atoms with Gasteiger partial charge in [0, 0.05) is 22.7 Å². The Morgan fingerprint density at radius 1 is 1.19 bits per heavy atom. The molecule has 158 valence electrons. The Hall–Kier alpha value is -3.78. The van der Waals surface area contributed by atoms with Crippen LogP contribution in [0, 0.1) is 6.92 Å². The Labute approximate surface area is 182 Å². The van der Waals surface area contributed by atoms with Crippen molar-refractivity contribution in [1.82, 2.24) is 9.56 Å². The van der Waals surface area contributed by atoms with Crippen LogP contribution in [-0.2, 0) is 6.61 Å². The Bertz CT molecular complexity index is 1330. The molecule has 0 bridgehead atoms. The van der Waals surface area contributed by atoms with Crippen LogP contribution in [0.5, 0.6) is 11.5 Å². The van der Waals surface area contributed by atoms with E-state index in [1.54, 1.807) is 55.5 Å². The lowest BCUT2D eigenvalue weighted by Crippen LogP contribution is -2.15. The topological polar surface area (TPSA) is 95.1 Å². The number of hydrogen-bond donors (Lipinski definition) is 1. The number of carbonyl (C=O) groups excluding carboxylic acids is 1. The van der Waals surface area contributed by atoms with Crippen LogP contribution in [0.25, 0.3) is 5.65 Å². The lowest BCUT2D eigenvalue weighted by Gasteiger charge is -2.13. The maximum atomic E-state index is 12.7. The molecule has 0 aliphatic carbocycles. The second kappa shape index (κ2) is 8.53. The van der Waals surface area contributed by atoms with Crippen LogP contribution in [-0.4, -0.2) is 22.6 Å². The SMILES string of the molecule is COc1cccc(C(=O)Nc2cc(Cl)ccc2OCc2cc(=O)n3oc(C)cc3n2)c1. The van der Waals surface area contributed by atoms with Gasteiger partial charge in [0.2, 0.25) is 0 Å². The Balaban J connectivity index is 1.55. The van der Waals surface area contributed by atoms with Gasteiger partial charge in [0.25, 0.3) is 11.5 Å². The molecule has 2 heterocycles. The summed E-state index contributed by atoms with van der Waals surface area (Å²) >= 11 is 6.11. The van der Waals surface area contributed by atoms with Gasteiger partial charge in [-0.2, -0.15) is 0 Å². The number of hydrogen-bond acceptors (Lipinski definition) is 6. The molecule has 0 saturated heterocycles. The zero-order valence-corrected chi connectivity index (χ0v) is 17.5. The van der Waals surface area contributed by atoms with Crippen molar-refractivity contribution in [3.05, 3.63) is 87.0 Å². The Morgan fingerprint density at radius 2 is 2.03 bits per heavy atom. The van der Waals surface area contributed by atoms with E-state index in [2.05, 4.69) is 10.3 Å². The number of aryl methyl sites for hydroxylation is 1. The van der Waals surface area contributed by atoms with E-state index in [1.807, 2.05) is 0 Å². The molecule has 0 saturated carbocycles. The summed E-state index contributed by atoms with van der Waals surface area (Å²) in [7, 11) is 1.53. The van der Waals surface area contributed by atoms with E-state index in [0.29, 0.717) is 44.9 Å². The first-order valence-corrected chi connectivity index (χ1v) is 9.68. The van der Waals surface area contributed by atoms with Crippen molar-refractivity contribution >= 4 is 28.8 Å². The highest BCUT2D eigenvalue weighted by Crippen LogP contribution is 2.29. The quantitative estimate of drug-likeness (QED) is 0.486. The van der Waals surface area contributed by atoms with Gasteiger partial charge in [-0.05, 0) is 43.3 Å². The van der Waals surface area contributed by atoms with E-state index < -0.39 is 0 Å². The standard InChI is InChI=1S/C22H18ClN3O5/c1-13-8-20-24-16(11-21(27)26(20)31-13)12-30-19-7-6-15(23)10-18(19)25-22(28)14-4-3-5-17(9-14)29-2/h3-11H,12H2,1-2H3,(H,25,28). The first-order valence-electron chi connectivity index (χ1n) is 9.30. The van der Waals surface area contributed by atoms with Gasteiger partial charge in [0.1, 0.15) is 23.9 Å². The first kappa shape index (κ1) is 20.5. The predicted molar refractivity (Wildman–Crippen MR) is 115 cm³/mol. The maximum absolute atomic E-state index is 12.7. The lowest BCUT2D eigenvalue weighted by atomic mass is 10.2. The number of anilines is 1. The van der Waals surface area contributed by atoms with Crippen LogP contribution >= 0.6 is 11.6 Å². The third-order valence-corrected chi connectivity index (χ3v) is 4.66. The molecule has 0 spiro atoms. The van der Waals surface area contributed by atoms with Crippen molar-refractivity contribution in [2.75, 3.05) is 12.4 Å². The van der Waals surface area contributed by atoms with Crippen molar-refractivity contribution in [2.24, 2.45) is 0 Å². The van der Waals surface area contributed by atoms with Crippen molar-refractivity contribution in [3.63, 3.8) is 0 Å². The summed E-state index contributed by atoms with van der Waals surface area (Å²) in [6.07, 6.45) is 0. The second-order valence-corrected chi connectivity index (χ2v) is 7.14. The number of benzene rings is 2. The molecule has 4 aromatic rings. The summed E-state index contributed by atoms with van der Waals surface area (Å²) in [5, 5.41) is 3.22. The molecule has 0 radical (unpaired) electrons. The fourth-order valence-corrected chi connectivity index (χ4v) is 3.16. The second-order valence-electron chi connectivity index (χ2n) is 6.70. The molecule has 4 rings (SSSR count). The molecule has 0 aliphatic heterocycles. The fraction of sp³-hybridized carbons (Fsp3) is 0.136. The molecule has 1 N–H and O–H groups in total. The Morgan fingerprint density at radius 3 is 2.84 bits per heavy atom. The van der Waals surface area contributed by atoms with E-state index in [4.69, 9.17) is 25.6 Å². The molecule has 8 nitrogen and oxygen atoms in total. The van der Waals surface area contributed by atoms with Gasteiger partial charge >= 0.3 is 0 Å². The molecule has 2 aromatic carbocycles. The number of aromatic nitrogens is 2. The molecule has 0 fully saturated rings. The molecule has 2 aromatic heterocycles. The van der Waals surface area contributed by atoms with Crippen LogP contribution < -0.4 is 20.3 Å². The van der Waals surface area contributed by atoms with E-state index in [9.17, 15) is 9.59 Å². The minimum atomic E-state index is -0.349. The zero-order valence-electron chi connectivity index (χ0n) is 16.7. The summed E-state index contributed by atoms with van der Waals surface area (Å²) < 4.78 is 17.4. The van der Waals surface area contributed by atoms with E-state index in [-0.39, 0.29) is 18.1 Å². The molecule has 1 amide bonds. The minimum Gasteiger partial charge on any atom is -0.497 e. The number of methoxy groups -OCH3 is 1. The van der Waals surface area contributed by atoms with Crippen molar-refractivity contribution < 1.29 is 18.8 Å². The highest BCUT2D eigenvalue weighted by atomic mass is 35.5. The van der Waals surface area contributed by atoms with Crippen molar-refractivity contribution in [1.29, 1.82) is 0 Å². The molecule has 9 heteroatoms. The summed E-state index contributed by atoms with van der Waals surface area (Å²) in [4.78, 5) is 29.2. The van der Waals surface area contributed by atoms with Gasteiger partial charge in [0.05, 0.1) is 18.5 Å². The fourth-order valence-electron chi connectivity index (χ4n) is 2.98. The van der Waals surface area contributed by atoms with Gasteiger partial charge < -0.3 is 19.3 Å². The van der Waals surface area contributed by atoms with E-state index in [0.717, 1.165) is 4.57 Å². The Kier molecular flexibility index (Phi) is 5.64. The molecular formula is C22H18ClN3O5. The normalized spacial score (nSPS) is 10.8. The number of carbonyl (C=O) groups is 1. The van der Waals surface area contributed by atoms with Crippen molar-refractivity contribution in [2.45, 2.75) is 13.5 Å². The number of fused-ring (bicyclic) bond motifs is 1. The largest absolute Gasteiger partial charge is 0.497 e. The maximum Gasteiger partial charge on any atom is 0.287 e. The third-order valence-electron chi connectivity index (χ3n) is 4.42. The van der Waals surface area contributed by atoms with Crippen LogP contribution in [0.15, 0.2) is 63.9 Å². The molecule has 0 atom stereocenters. The van der Waals surface area contributed by atoms with Crippen LogP contribution in [0.1, 0.15) is 21.8 Å². The smallest absolute Gasteiger partial charge is 0.287 e. The highest BCUT2D eigenvalue weighted by molar-refractivity contribution is 6.31. The average Bonchev–Trinajstić information content (AvgIpc) is 3.14.